The molecule has 1 rings (SSSR count). The van der Waals surface area contributed by atoms with Gasteiger partial charge in [-0.1, -0.05) is 13.3 Å². The summed E-state index contributed by atoms with van der Waals surface area (Å²) < 4.78 is 0. The number of nitrogens with zero attached hydrogens (tertiary/aromatic N) is 2. The highest BCUT2D eigenvalue weighted by atomic mass is 15.2. The van der Waals surface area contributed by atoms with E-state index in [4.69, 9.17) is 0 Å². The molecular weight excluding hydrogens is 222 g/mol. The second-order valence-corrected chi connectivity index (χ2v) is 5.85. The molecule has 1 heterocycles. The van der Waals surface area contributed by atoms with E-state index in [2.05, 4.69) is 36.1 Å². The van der Waals surface area contributed by atoms with Gasteiger partial charge >= 0.3 is 0 Å². The van der Waals surface area contributed by atoms with E-state index in [1.165, 1.54) is 71.2 Å². The first-order valence-corrected chi connectivity index (χ1v) is 7.83. The van der Waals surface area contributed by atoms with Crippen molar-refractivity contribution in [3.8, 4) is 0 Å². The molecule has 0 aromatic heterocycles. The van der Waals surface area contributed by atoms with Crippen LogP contribution in [0.4, 0.5) is 0 Å². The second kappa shape index (κ2) is 9.76. The fraction of sp³-hybridized carbons (Fsp3) is 1.00. The molecule has 1 aliphatic rings. The predicted octanol–water partition coefficient (Wildman–Crippen LogP) is 2.18. The molecule has 0 spiro atoms. The number of hydrogen-bond acceptors (Lipinski definition) is 3. The van der Waals surface area contributed by atoms with Gasteiger partial charge in [-0.3, -0.25) is 0 Å². The van der Waals surface area contributed by atoms with Crippen molar-refractivity contribution in [1.29, 1.82) is 0 Å². The average molecular weight is 255 g/mol. The maximum absolute atomic E-state index is 3.47. The van der Waals surface area contributed by atoms with E-state index in [0.29, 0.717) is 0 Å². The number of hydrogen-bond donors (Lipinski definition) is 1. The van der Waals surface area contributed by atoms with Crippen molar-refractivity contribution >= 4 is 0 Å². The third-order valence-electron chi connectivity index (χ3n) is 4.01. The Balaban J connectivity index is 1.92. The lowest BCUT2D eigenvalue weighted by atomic mass is 10.2. The first-order chi connectivity index (χ1) is 8.74. The molecule has 3 nitrogen and oxygen atoms in total. The van der Waals surface area contributed by atoms with Crippen LogP contribution in [0.2, 0.25) is 0 Å². The quantitative estimate of drug-likeness (QED) is 0.604. The van der Waals surface area contributed by atoms with Gasteiger partial charge in [0.15, 0.2) is 0 Å². The van der Waals surface area contributed by atoms with Crippen LogP contribution in [0, 0.1) is 0 Å². The summed E-state index contributed by atoms with van der Waals surface area (Å²) in [6, 6.07) is 0.807. The van der Waals surface area contributed by atoms with Crippen molar-refractivity contribution in [3.63, 3.8) is 0 Å². The van der Waals surface area contributed by atoms with Crippen LogP contribution in [-0.2, 0) is 0 Å². The largest absolute Gasteiger partial charge is 0.317 e. The smallest absolute Gasteiger partial charge is 0.0220 e. The minimum atomic E-state index is 0.807. The Hall–Kier alpha value is -0.120. The molecule has 1 aliphatic heterocycles. The SMILES string of the molecule is CCCNCCCCCN(C)CC1CCCN1C. The summed E-state index contributed by atoms with van der Waals surface area (Å²) in [7, 11) is 4.55. The lowest BCUT2D eigenvalue weighted by molar-refractivity contribution is 0.217. The third kappa shape index (κ3) is 6.72. The second-order valence-electron chi connectivity index (χ2n) is 5.85. The van der Waals surface area contributed by atoms with Crippen molar-refractivity contribution in [1.82, 2.24) is 15.1 Å². The summed E-state index contributed by atoms with van der Waals surface area (Å²) in [5, 5.41) is 3.47. The van der Waals surface area contributed by atoms with E-state index < -0.39 is 0 Å². The number of nitrogens with one attached hydrogen (secondary N) is 1. The Morgan fingerprint density at radius 3 is 2.72 bits per heavy atom. The van der Waals surface area contributed by atoms with Gasteiger partial charge < -0.3 is 15.1 Å². The number of likely N-dealkylation sites (N-methyl/N-ethyl adjacent to an activating group) is 2. The third-order valence-corrected chi connectivity index (χ3v) is 4.01. The van der Waals surface area contributed by atoms with Crippen molar-refractivity contribution < 1.29 is 0 Å². The Bertz CT molecular complexity index is 196. The fourth-order valence-corrected chi connectivity index (χ4v) is 2.77. The van der Waals surface area contributed by atoms with Crippen LogP contribution in [0.3, 0.4) is 0 Å². The molecule has 1 unspecified atom stereocenters. The summed E-state index contributed by atoms with van der Waals surface area (Å²) >= 11 is 0. The van der Waals surface area contributed by atoms with Gasteiger partial charge in [-0.15, -0.1) is 0 Å². The van der Waals surface area contributed by atoms with Crippen molar-refractivity contribution in [3.05, 3.63) is 0 Å². The van der Waals surface area contributed by atoms with Gasteiger partial charge in [-0.25, -0.2) is 0 Å². The topological polar surface area (TPSA) is 18.5 Å². The highest BCUT2D eigenvalue weighted by Gasteiger charge is 2.21. The molecular formula is C15H33N3. The zero-order chi connectivity index (χ0) is 13.2. The van der Waals surface area contributed by atoms with E-state index in [0.717, 1.165) is 6.04 Å². The molecule has 0 bridgehead atoms. The Labute approximate surface area is 114 Å². The molecule has 1 fully saturated rings. The summed E-state index contributed by atoms with van der Waals surface area (Å²) in [4.78, 5) is 5.04. The maximum atomic E-state index is 3.47. The van der Waals surface area contributed by atoms with E-state index >= 15 is 0 Å². The Kier molecular flexibility index (Phi) is 8.64. The van der Waals surface area contributed by atoms with Gasteiger partial charge in [-0.05, 0) is 72.4 Å². The minimum Gasteiger partial charge on any atom is -0.317 e. The van der Waals surface area contributed by atoms with E-state index in [9.17, 15) is 0 Å². The number of likely N-dealkylation sites (tertiary alicyclic amines) is 1. The molecule has 1 N–H and O–H groups in total. The molecule has 18 heavy (non-hydrogen) atoms. The van der Waals surface area contributed by atoms with Crippen LogP contribution in [0.1, 0.15) is 45.4 Å². The van der Waals surface area contributed by atoms with Crippen molar-refractivity contribution in [2.45, 2.75) is 51.5 Å². The molecule has 108 valence electrons. The van der Waals surface area contributed by atoms with Gasteiger partial charge in [0.1, 0.15) is 0 Å². The molecule has 0 aromatic carbocycles. The monoisotopic (exact) mass is 255 g/mol. The number of unbranched alkanes of at least 4 members (excludes halogenated alkanes) is 2. The van der Waals surface area contributed by atoms with Gasteiger partial charge in [0.25, 0.3) is 0 Å². The first kappa shape index (κ1) is 15.9. The highest BCUT2D eigenvalue weighted by molar-refractivity contribution is 4.78. The van der Waals surface area contributed by atoms with Gasteiger partial charge in [0.2, 0.25) is 0 Å². The predicted molar refractivity (Wildman–Crippen MR) is 80.2 cm³/mol. The zero-order valence-corrected chi connectivity index (χ0v) is 12.7. The molecule has 0 amide bonds. The summed E-state index contributed by atoms with van der Waals surface area (Å²) in [5.41, 5.74) is 0. The lowest BCUT2D eigenvalue weighted by Gasteiger charge is -2.25. The summed E-state index contributed by atoms with van der Waals surface area (Å²) in [6.45, 7) is 8.41. The summed E-state index contributed by atoms with van der Waals surface area (Å²) in [6.07, 6.45) is 8.07. The fourth-order valence-electron chi connectivity index (χ4n) is 2.77. The molecule has 0 aliphatic carbocycles. The average Bonchev–Trinajstić information content (AvgIpc) is 2.74. The molecule has 3 heteroatoms. The highest BCUT2D eigenvalue weighted by Crippen LogP contribution is 2.15. The van der Waals surface area contributed by atoms with Crippen LogP contribution in [-0.4, -0.2) is 62.7 Å². The molecule has 0 saturated carbocycles. The van der Waals surface area contributed by atoms with Crippen LogP contribution in [0.5, 0.6) is 0 Å². The Morgan fingerprint density at radius 2 is 2.06 bits per heavy atom. The zero-order valence-electron chi connectivity index (χ0n) is 12.7. The summed E-state index contributed by atoms with van der Waals surface area (Å²) in [5.74, 6) is 0. The van der Waals surface area contributed by atoms with Crippen LogP contribution in [0.25, 0.3) is 0 Å². The van der Waals surface area contributed by atoms with E-state index in [1.54, 1.807) is 0 Å². The standard InChI is InChI=1S/C15H33N3/c1-4-10-16-11-6-5-7-12-17(2)14-15-9-8-13-18(15)3/h15-16H,4-14H2,1-3H3. The van der Waals surface area contributed by atoms with Gasteiger partial charge in [0, 0.05) is 12.6 Å². The molecule has 1 atom stereocenters. The van der Waals surface area contributed by atoms with Gasteiger partial charge in [0.05, 0.1) is 0 Å². The van der Waals surface area contributed by atoms with Crippen LogP contribution in [0.15, 0.2) is 0 Å². The van der Waals surface area contributed by atoms with Crippen LogP contribution < -0.4 is 5.32 Å². The van der Waals surface area contributed by atoms with Gasteiger partial charge in [-0.2, -0.15) is 0 Å². The maximum Gasteiger partial charge on any atom is 0.0220 e. The number of rotatable bonds is 10. The molecule has 0 aromatic rings. The minimum absolute atomic E-state index is 0.807. The van der Waals surface area contributed by atoms with E-state index in [1.807, 2.05) is 0 Å². The van der Waals surface area contributed by atoms with E-state index in [-0.39, 0.29) is 0 Å². The first-order valence-electron chi connectivity index (χ1n) is 7.83. The normalized spacial score (nSPS) is 21.0. The van der Waals surface area contributed by atoms with Crippen LogP contribution >= 0.6 is 0 Å². The molecule has 0 radical (unpaired) electrons. The lowest BCUT2D eigenvalue weighted by Crippen LogP contribution is -2.37. The van der Waals surface area contributed by atoms with Crippen molar-refractivity contribution in [2.24, 2.45) is 0 Å². The molecule has 1 saturated heterocycles. The van der Waals surface area contributed by atoms with Crippen molar-refractivity contribution in [2.75, 3.05) is 46.8 Å². The Morgan fingerprint density at radius 1 is 1.22 bits per heavy atom.